The van der Waals surface area contributed by atoms with Crippen LogP contribution in [0.4, 0.5) is 5.69 Å². The van der Waals surface area contributed by atoms with Gasteiger partial charge in [-0.05, 0) is 36.8 Å². The molecule has 2 heterocycles. The number of carbonyl (C=O) groups excluding carboxylic acids is 1. The Hall–Kier alpha value is -3.08. The van der Waals surface area contributed by atoms with Crippen molar-refractivity contribution in [2.45, 2.75) is 13.0 Å². The van der Waals surface area contributed by atoms with E-state index in [4.69, 9.17) is 0 Å². The Labute approximate surface area is 133 Å². The number of hydrogen-bond acceptors (Lipinski definition) is 3. The molecule has 0 spiro atoms. The first kappa shape index (κ1) is 13.6. The number of nitrogens with one attached hydrogen (secondary N) is 1. The number of phenols is 1. The van der Waals surface area contributed by atoms with Crippen LogP contribution in [0.3, 0.4) is 0 Å². The first-order chi connectivity index (χ1) is 11.2. The zero-order chi connectivity index (χ0) is 16.0. The predicted octanol–water partition coefficient (Wildman–Crippen LogP) is 3.17. The number of nitrogens with zero attached hydrogens (tertiary/aromatic N) is 2. The van der Waals surface area contributed by atoms with Crippen molar-refractivity contribution in [2.75, 3.05) is 4.90 Å². The molecule has 2 N–H and O–H groups in total. The van der Waals surface area contributed by atoms with Crippen LogP contribution in [-0.4, -0.2) is 21.2 Å². The van der Waals surface area contributed by atoms with Crippen molar-refractivity contribution in [1.82, 2.24) is 10.2 Å². The Bertz CT molecular complexity index is 869. The van der Waals surface area contributed by atoms with Gasteiger partial charge in [0, 0.05) is 16.9 Å². The SMILES string of the molecule is Cc1[nH]nc2c1[C@@H](c1ccccc1)N(c1ccc(O)cc1)C2=O. The molecular formula is C18H15N3O2. The number of aromatic amines is 1. The molecule has 0 radical (unpaired) electrons. The lowest BCUT2D eigenvalue weighted by Gasteiger charge is -2.26. The highest BCUT2D eigenvalue weighted by Crippen LogP contribution is 2.42. The molecule has 0 unspecified atom stereocenters. The lowest BCUT2D eigenvalue weighted by atomic mass is 9.99. The van der Waals surface area contributed by atoms with Gasteiger partial charge in [-0.15, -0.1) is 0 Å². The van der Waals surface area contributed by atoms with Gasteiger partial charge in [0.1, 0.15) is 5.75 Å². The van der Waals surface area contributed by atoms with E-state index in [0.29, 0.717) is 5.69 Å². The van der Waals surface area contributed by atoms with E-state index in [0.717, 1.165) is 22.5 Å². The Balaban J connectivity index is 1.91. The third-order valence-electron chi connectivity index (χ3n) is 4.19. The highest BCUT2D eigenvalue weighted by atomic mass is 16.3. The first-order valence-corrected chi connectivity index (χ1v) is 7.39. The van der Waals surface area contributed by atoms with Gasteiger partial charge in [0.25, 0.3) is 5.91 Å². The summed E-state index contributed by atoms with van der Waals surface area (Å²) in [6, 6.07) is 16.3. The number of aromatic hydroxyl groups is 1. The largest absolute Gasteiger partial charge is 0.508 e. The molecule has 0 aliphatic carbocycles. The van der Waals surface area contributed by atoms with Crippen molar-refractivity contribution >= 4 is 11.6 Å². The van der Waals surface area contributed by atoms with Crippen LogP contribution in [0.15, 0.2) is 54.6 Å². The average molecular weight is 305 g/mol. The standard InChI is InChI=1S/C18H15N3O2/c1-11-15-16(20-19-11)18(23)21(13-7-9-14(22)10-8-13)17(15)12-5-3-2-4-6-12/h2-10,17,22H,1H3,(H,19,20)/t17-/m1/s1. The quantitative estimate of drug-likeness (QED) is 0.764. The van der Waals surface area contributed by atoms with E-state index in [1.807, 2.05) is 37.3 Å². The van der Waals surface area contributed by atoms with Crippen molar-refractivity contribution in [2.24, 2.45) is 0 Å². The maximum Gasteiger partial charge on any atom is 0.279 e. The number of rotatable bonds is 2. The maximum absolute atomic E-state index is 12.9. The van der Waals surface area contributed by atoms with E-state index in [-0.39, 0.29) is 17.7 Å². The fraction of sp³-hybridized carbons (Fsp3) is 0.111. The van der Waals surface area contributed by atoms with Gasteiger partial charge >= 0.3 is 0 Å². The molecule has 0 bridgehead atoms. The van der Waals surface area contributed by atoms with Gasteiger partial charge in [0.05, 0.1) is 6.04 Å². The van der Waals surface area contributed by atoms with Crippen LogP contribution in [0.2, 0.25) is 0 Å². The molecule has 23 heavy (non-hydrogen) atoms. The highest BCUT2D eigenvalue weighted by Gasteiger charge is 2.42. The third kappa shape index (κ3) is 2.01. The van der Waals surface area contributed by atoms with Gasteiger partial charge < -0.3 is 5.11 Å². The zero-order valence-corrected chi connectivity index (χ0v) is 12.5. The third-order valence-corrected chi connectivity index (χ3v) is 4.19. The van der Waals surface area contributed by atoms with Crippen LogP contribution in [0.5, 0.6) is 5.75 Å². The minimum atomic E-state index is -0.220. The molecule has 0 saturated carbocycles. The normalized spacial score (nSPS) is 16.7. The molecule has 0 saturated heterocycles. The average Bonchev–Trinajstić information content (AvgIpc) is 3.08. The highest BCUT2D eigenvalue weighted by molar-refractivity contribution is 6.10. The molecule has 1 amide bonds. The van der Waals surface area contributed by atoms with Crippen molar-refractivity contribution in [3.05, 3.63) is 77.1 Å². The smallest absolute Gasteiger partial charge is 0.279 e. The molecule has 4 rings (SSSR count). The van der Waals surface area contributed by atoms with E-state index in [2.05, 4.69) is 10.2 Å². The summed E-state index contributed by atoms with van der Waals surface area (Å²) in [7, 11) is 0. The van der Waals surface area contributed by atoms with Gasteiger partial charge in [0.2, 0.25) is 0 Å². The van der Waals surface area contributed by atoms with Gasteiger partial charge in [-0.3, -0.25) is 14.8 Å². The summed E-state index contributed by atoms with van der Waals surface area (Å²) < 4.78 is 0. The number of carbonyl (C=O) groups is 1. The van der Waals surface area contributed by atoms with Crippen molar-refractivity contribution < 1.29 is 9.90 Å². The summed E-state index contributed by atoms with van der Waals surface area (Å²) in [5, 5.41) is 16.6. The fourth-order valence-electron chi connectivity index (χ4n) is 3.13. The van der Waals surface area contributed by atoms with E-state index < -0.39 is 0 Å². The van der Waals surface area contributed by atoms with E-state index >= 15 is 0 Å². The molecule has 0 fully saturated rings. The molecule has 1 aromatic heterocycles. The molecule has 114 valence electrons. The Morgan fingerprint density at radius 1 is 1.09 bits per heavy atom. The fourth-order valence-corrected chi connectivity index (χ4v) is 3.13. The molecule has 5 heteroatoms. The van der Waals surface area contributed by atoms with Crippen molar-refractivity contribution in [3.8, 4) is 5.75 Å². The van der Waals surface area contributed by atoms with Gasteiger partial charge in [-0.2, -0.15) is 5.10 Å². The molecule has 3 aromatic rings. The Morgan fingerprint density at radius 2 is 1.78 bits per heavy atom. The van der Waals surface area contributed by atoms with E-state index in [1.54, 1.807) is 29.2 Å². The van der Waals surface area contributed by atoms with Gasteiger partial charge in [0.15, 0.2) is 5.69 Å². The number of aromatic nitrogens is 2. The minimum absolute atomic E-state index is 0.135. The zero-order valence-electron chi connectivity index (χ0n) is 12.5. The number of amides is 1. The van der Waals surface area contributed by atoms with Gasteiger partial charge in [-0.1, -0.05) is 30.3 Å². The second-order valence-electron chi connectivity index (χ2n) is 5.62. The second kappa shape index (κ2) is 4.98. The number of anilines is 1. The molecule has 1 aliphatic heterocycles. The lowest BCUT2D eigenvalue weighted by Crippen LogP contribution is -2.29. The van der Waals surface area contributed by atoms with Crippen molar-refractivity contribution in [1.29, 1.82) is 0 Å². The second-order valence-corrected chi connectivity index (χ2v) is 5.62. The Kier molecular flexibility index (Phi) is 2.94. The maximum atomic E-state index is 12.9. The van der Waals surface area contributed by atoms with Crippen LogP contribution in [0.25, 0.3) is 0 Å². The lowest BCUT2D eigenvalue weighted by molar-refractivity contribution is 0.0988. The summed E-state index contributed by atoms with van der Waals surface area (Å²) >= 11 is 0. The number of phenolic OH excluding ortho intramolecular Hbond substituents is 1. The predicted molar refractivity (Wildman–Crippen MR) is 86.5 cm³/mol. The van der Waals surface area contributed by atoms with E-state index in [1.165, 1.54) is 0 Å². The molecule has 5 nitrogen and oxygen atoms in total. The summed E-state index contributed by atoms with van der Waals surface area (Å²) in [5.41, 5.74) is 4.03. The van der Waals surface area contributed by atoms with Crippen LogP contribution < -0.4 is 4.90 Å². The molecule has 1 aliphatic rings. The first-order valence-electron chi connectivity index (χ1n) is 7.39. The monoisotopic (exact) mass is 305 g/mol. The molecule has 1 atom stereocenters. The summed E-state index contributed by atoms with van der Waals surface area (Å²) in [6.07, 6.45) is 0. The summed E-state index contributed by atoms with van der Waals surface area (Å²) in [6.45, 7) is 1.93. The number of benzene rings is 2. The van der Waals surface area contributed by atoms with Crippen molar-refractivity contribution in [3.63, 3.8) is 0 Å². The van der Waals surface area contributed by atoms with Crippen LogP contribution in [0, 0.1) is 6.92 Å². The summed E-state index contributed by atoms with van der Waals surface area (Å²) in [5.74, 6) is 0.0372. The minimum Gasteiger partial charge on any atom is -0.508 e. The number of hydrogen-bond donors (Lipinski definition) is 2. The van der Waals surface area contributed by atoms with Crippen LogP contribution >= 0.6 is 0 Å². The van der Waals surface area contributed by atoms with Crippen LogP contribution in [0.1, 0.15) is 33.4 Å². The number of aryl methyl sites for hydroxylation is 1. The molecular weight excluding hydrogens is 290 g/mol. The number of H-pyrrole nitrogens is 1. The Morgan fingerprint density at radius 3 is 2.48 bits per heavy atom. The number of fused-ring (bicyclic) bond motifs is 1. The molecule has 2 aromatic carbocycles. The van der Waals surface area contributed by atoms with Gasteiger partial charge in [-0.25, -0.2) is 0 Å². The van der Waals surface area contributed by atoms with Crippen LogP contribution in [-0.2, 0) is 0 Å². The van der Waals surface area contributed by atoms with E-state index in [9.17, 15) is 9.90 Å². The summed E-state index contributed by atoms with van der Waals surface area (Å²) in [4.78, 5) is 14.6. The topological polar surface area (TPSA) is 69.2 Å².